The van der Waals surface area contributed by atoms with Crippen molar-refractivity contribution in [2.24, 2.45) is 0 Å². The first kappa shape index (κ1) is 15.4. The zero-order valence-electron chi connectivity index (χ0n) is 11.7. The minimum atomic E-state index is -3.67. The molecule has 1 aromatic rings. The molecule has 0 aromatic carbocycles. The van der Waals surface area contributed by atoms with E-state index in [0.717, 1.165) is 19.6 Å². The topological polar surface area (TPSA) is 102 Å². The lowest BCUT2D eigenvalue weighted by atomic mass is 10.2. The summed E-state index contributed by atoms with van der Waals surface area (Å²) in [5, 5.41) is 15.1. The van der Waals surface area contributed by atoms with Crippen molar-refractivity contribution in [3.63, 3.8) is 0 Å². The van der Waals surface area contributed by atoms with Gasteiger partial charge >= 0.3 is 0 Å². The van der Waals surface area contributed by atoms with Gasteiger partial charge in [-0.2, -0.15) is 5.10 Å². The quantitative estimate of drug-likeness (QED) is 0.607. The zero-order valence-corrected chi connectivity index (χ0v) is 12.5. The molecule has 1 atom stereocenters. The lowest BCUT2D eigenvalue weighted by molar-refractivity contribution is 0.117. The summed E-state index contributed by atoms with van der Waals surface area (Å²) < 4.78 is 26.9. The smallest absolute Gasteiger partial charge is 0.257 e. The first-order chi connectivity index (χ1) is 9.44. The number of nitrogens with one attached hydrogen (secondary N) is 2. The van der Waals surface area contributed by atoms with Crippen LogP contribution in [0.1, 0.15) is 5.56 Å². The van der Waals surface area contributed by atoms with Crippen molar-refractivity contribution >= 4 is 10.0 Å². The number of nitrogens with zero attached hydrogens (tertiary/aromatic N) is 3. The molecule has 2 rings (SSSR count). The highest BCUT2D eigenvalue weighted by Gasteiger charge is 2.26. The summed E-state index contributed by atoms with van der Waals surface area (Å²) in [7, 11) is 0.335. The van der Waals surface area contributed by atoms with Crippen molar-refractivity contribution in [3.05, 3.63) is 11.8 Å². The average molecular weight is 303 g/mol. The van der Waals surface area contributed by atoms with Gasteiger partial charge < -0.3 is 10.0 Å². The van der Waals surface area contributed by atoms with E-state index in [9.17, 15) is 8.42 Å². The van der Waals surface area contributed by atoms with Gasteiger partial charge in [0.1, 0.15) is 0 Å². The number of sulfonamides is 1. The molecule has 1 aliphatic heterocycles. The fourth-order valence-corrected chi connectivity index (χ4v) is 3.44. The van der Waals surface area contributed by atoms with Crippen LogP contribution < -0.4 is 4.72 Å². The SMILES string of the molecule is CN1CCN(C)C(CNS(=O)(=O)c2[nH]ncc2CO)C1. The van der Waals surface area contributed by atoms with Crippen LogP contribution in [0.3, 0.4) is 0 Å². The molecule has 8 nitrogen and oxygen atoms in total. The van der Waals surface area contributed by atoms with Crippen molar-refractivity contribution in [1.29, 1.82) is 0 Å². The van der Waals surface area contributed by atoms with Crippen molar-refractivity contribution < 1.29 is 13.5 Å². The van der Waals surface area contributed by atoms with E-state index in [0.29, 0.717) is 6.54 Å². The van der Waals surface area contributed by atoms with Crippen molar-refractivity contribution in [2.45, 2.75) is 17.7 Å². The van der Waals surface area contributed by atoms with Crippen LogP contribution in [0, 0.1) is 0 Å². The van der Waals surface area contributed by atoms with Gasteiger partial charge in [-0.15, -0.1) is 0 Å². The fourth-order valence-electron chi connectivity index (χ4n) is 2.24. The van der Waals surface area contributed by atoms with E-state index in [4.69, 9.17) is 5.11 Å². The lowest BCUT2D eigenvalue weighted by Crippen LogP contribution is -2.54. The molecule has 1 unspecified atom stereocenters. The number of likely N-dealkylation sites (N-methyl/N-ethyl adjacent to an activating group) is 2. The van der Waals surface area contributed by atoms with E-state index in [1.807, 2.05) is 14.1 Å². The van der Waals surface area contributed by atoms with E-state index in [1.54, 1.807) is 0 Å². The highest BCUT2D eigenvalue weighted by Crippen LogP contribution is 2.12. The van der Waals surface area contributed by atoms with Gasteiger partial charge in [-0.1, -0.05) is 0 Å². The third-order valence-electron chi connectivity index (χ3n) is 3.61. The Morgan fingerprint density at radius 1 is 1.50 bits per heavy atom. The number of aliphatic hydroxyl groups excluding tert-OH is 1. The molecule has 0 spiro atoms. The van der Waals surface area contributed by atoms with Gasteiger partial charge in [-0.05, 0) is 14.1 Å². The van der Waals surface area contributed by atoms with Gasteiger partial charge in [-0.25, -0.2) is 13.1 Å². The number of aromatic amines is 1. The minimum absolute atomic E-state index is 0.0631. The Balaban J connectivity index is 2.02. The summed E-state index contributed by atoms with van der Waals surface area (Å²) in [6.07, 6.45) is 1.31. The standard InChI is InChI=1S/C11H21N5O3S/c1-15-3-4-16(2)10(7-15)6-13-20(18,19)11-9(8-17)5-12-14-11/h5,10,13,17H,3-4,6-8H2,1-2H3,(H,12,14). The van der Waals surface area contributed by atoms with Crippen LogP contribution >= 0.6 is 0 Å². The van der Waals surface area contributed by atoms with Gasteiger partial charge in [0.25, 0.3) is 10.0 Å². The predicted octanol–water partition coefficient (Wildman–Crippen LogP) is -1.57. The van der Waals surface area contributed by atoms with Crippen molar-refractivity contribution in [1.82, 2.24) is 24.7 Å². The summed E-state index contributed by atoms with van der Waals surface area (Å²) >= 11 is 0. The molecule has 2 heterocycles. The van der Waals surface area contributed by atoms with Gasteiger partial charge in [0.05, 0.1) is 12.8 Å². The molecule has 0 bridgehead atoms. The molecule has 3 N–H and O–H groups in total. The van der Waals surface area contributed by atoms with Crippen LogP contribution in [-0.2, 0) is 16.6 Å². The number of aliphatic hydroxyl groups is 1. The van der Waals surface area contributed by atoms with E-state index in [-0.39, 0.29) is 23.2 Å². The fraction of sp³-hybridized carbons (Fsp3) is 0.727. The van der Waals surface area contributed by atoms with E-state index < -0.39 is 10.0 Å². The summed E-state index contributed by atoms with van der Waals surface area (Å²) in [6.45, 7) is 2.67. The second-order valence-corrected chi connectivity index (χ2v) is 6.83. The average Bonchev–Trinajstić information content (AvgIpc) is 2.89. The monoisotopic (exact) mass is 303 g/mol. The summed E-state index contributed by atoms with van der Waals surface area (Å²) in [5.41, 5.74) is 0.270. The maximum Gasteiger partial charge on any atom is 0.257 e. The van der Waals surface area contributed by atoms with Gasteiger partial charge in [0.15, 0.2) is 5.03 Å². The molecule has 1 aliphatic rings. The van der Waals surface area contributed by atoms with Gasteiger partial charge in [-0.3, -0.25) is 10.00 Å². The van der Waals surface area contributed by atoms with Crippen molar-refractivity contribution in [3.8, 4) is 0 Å². The normalized spacial score (nSPS) is 22.2. The minimum Gasteiger partial charge on any atom is -0.392 e. The molecule has 9 heteroatoms. The Kier molecular flexibility index (Phi) is 4.76. The van der Waals surface area contributed by atoms with Crippen LogP contribution in [0.2, 0.25) is 0 Å². The maximum atomic E-state index is 12.2. The first-order valence-corrected chi connectivity index (χ1v) is 7.94. The van der Waals surface area contributed by atoms with Crippen LogP contribution in [0.25, 0.3) is 0 Å². The van der Waals surface area contributed by atoms with Crippen LogP contribution in [0.5, 0.6) is 0 Å². The van der Waals surface area contributed by atoms with Crippen LogP contribution in [0.15, 0.2) is 11.2 Å². The Labute approximate surface area is 118 Å². The van der Waals surface area contributed by atoms with E-state index in [2.05, 4.69) is 24.7 Å². The number of rotatable bonds is 5. The zero-order chi connectivity index (χ0) is 14.8. The molecule has 20 heavy (non-hydrogen) atoms. The van der Waals surface area contributed by atoms with Gasteiger partial charge in [0, 0.05) is 37.8 Å². The van der Waals surface area contributed by atoms with Gasteiger partial charge in [0.2, 0.25) is 0 Å². The Hall–Kier alpha value is -1.00. The number of piperazine rings is 1. The first-order valence-electron chi connectivity index (χ1n) is 6.45. The molecule has 0 amide bonds. The molecule has 114 valence electrons. The molecule has 1 fully saturated rings. The number of hydrogen-bond acceptors (Lipinski definition) is 6. The molecule has 1 aromatic heterocycles. The Morgan fingerprint density at radius 3 is 2.95 bits per heavy atom. The third-order valence-corrected chi connectivity index (χ3v) is 5.04. The molecule has 0 aliphatic carbocycles. The summed E-state index contributed by atoms with van der Waals surface area (Å²) in [5.74, 6) is 0. The predicted molar refractivity (Wildman–Crippen MR) is 73.6 cm³/mol. The molecule has 0 radical (unpaired) electrons. The molecular formula is C11H21N5O3S. The summed E-state index contributed by atoms with van der Waals surface area (Å²) in [6, 6.07) is 0.129. The largest absolute Gasteiger partial charge is 0.392 e. The Morgan fingerprint density at radius 2 is 2.25 bits per heavy atom. The second kappa shape index (κ2) is 6.19. The van der Waals surface area contributed by atoms with Crippen LogP contribution in [0.4, 0.5) is 0 Å². The summed E-state index contributed by atoms with van der Waals surface area (Å²) in [4.78, 5) is 4.32. The lowest BCUT2D eigenvalue weighted by Gasteiger charge is -2.37. The van der Waals surface area contributed by atoms with Crippen LogP contribution in [-0.4, -0.2) is 79.8 Å². The molecular weight excluding hydrogens is 282 g/mol. The number of hydrogen-bond donors (Lipinski definition) is 3. The maximum absolute atomic E-state index is 12.2. The Bertz CT molecular complexity index is 544. The number of aromatic nitrogens is 2. The highest BCUT2D eigenvalue weighted by molar-refractivity contribution is 7.89. The molecule has 0 saturated carbocycles. The highest BCUT2D eigenvalue weighted by atomic mass is 32.2. The molecule has 1 saturated heterocycles. The third kappa shape index (κ3) is 3.36. The van der Waals surface area contributed by atoms with E-state index >= 15 is 0 Å². The second-order valence-electron chi connectivity index (χ2n) is 5.13. The van der Waals surface area contributed by atoms with Crippen molar-refractivity contribution in [2.75, 3.05) is 40.3 Å². The van der Waals surface area contributed by atoms with E-state index in [1.165, 1.54) is 6.20 Å². The number of H-pyrrole nitrogens is 1.